The largest absolute Gasteiger partial charge is 0.316 e. The summed E-state index contributed by atoms with van der Waals surface area (Å²) in [5.74, 6) is 0.0173. The Hall–Kier alpha value is -0.890. The molecule has 0 spiro atoms. The lowest BCUT2D eigenvalue weighted by atomic mass is 10.0. The molecule has 0 bridgehead atoms. The molecule has 1 aromatic rings. The summed E-state index contributed by atoms with van der Waals surface area (Å²) in [6.07, 6.45) is 0. The fourth-order valence-corrected chi connectivity index (χ4v) is 1.26. The van der Waals surface area contributed by atoms with Gasteiger partial charge in [-0.3, -0.25) is 4.39 Å². The second kappa shape index (κ2) is 4.97. The summed E-state index contributed by atoms with van der Waals surface area (Å²) in [6, 6.07) is 8.07. The first-order valence-corrected chi connectivity index (χ1v) is 4.57. The van der Waals surface area contributed by atoms with Crippen molar-refractivity contribution in [3.63, 3.8) is 0 Å². The molecule has 0 radical (unpaired) electrons. The van der Waals surface area contributed by atoms with E-state index >= 15 is 0 Å². The molecule has 2 heteroatoms. The highest BCUT2D eigenvalue weighted by atomic mass is 19.1. The molecule has 0 aliphatic heterocycles. The first-order chi connectivity index (χ1) is 6.27. The van der Waals surface area contributed by atoms with E-state index in [4.69, 9.17) is 0 Å². The molecule has 0 aliphatic rings. The Morgan fingerprint density at radius 1 is 1.31 bits per heavy atom. The lowest BCUT2D eigenvalue weighted by Gasteiger charge is -2.07. The maximum absolute atomic E-state index is 12.3. The van der Waals surface area contributed by atoms with Crippen LogP contribution in [0.25, 0.3) is 0 Å². The van der Waals surface area contributed by atoms with Crippen molar-refractivity contribution in [2.24, 2.45) is 0 Å². The standard InChI is InChI=1S/C11H16FN/c1-9(7-12)11-5-3-10(4-6-11)8-13-2/h3-6,9,13H,7-8H2,1-2H3. The van der Waals surface area contributed by atoms with Crippen LogP contribution < -0.4 is 5.32 Å². The summed E-state index contributed by atoms with van der Waals surface area (Å²) in [5, 5.41) is 3.07. The zero-order valence-electron chi connectivity index (χ0n) is 8.18. The molecule has 0 heterocycles. The van der Waals surface area contributed by atoms with Crippen LogP contribution in [0.3, 0.4) is 0 Å². The van der Waals surface area contributed by atoms with Crippen molar-refractivity contribution < 1.29 is 4.39 Å². The first-order valence-electron chi connectivity index (χ1n) is 4.57. The van der Waals surface area contributed by atoms with Crippen molar-refractivity contribution in [3.8, 4) is 0 Å². The van der Waals surface area contributed by atoms with Gasteiger partial charge in [-0.25, -0.2) is 0 Å². The Kier molecular flexibility index (Phi) is 3.90. The van der Waals surface area contributed by atoms with Crippen LogP contribution in [0.5, 0.6) is 0 Å². The van der Waals surface area contributed by atoms with Crippen LogP contribution >= 0.6 is 0 Å². The molecule has 1 rings (SSSR count). The Labute approximate surface area is 79.0 Å². The lowest BCUT2D eigenvalue weighted by molar-refractivity contribution is 0.447. The fraction of sp³-hybridized carbons (Fsp3) is 0.455. The van der Waals surface area contributed by atoms with Gasteiger partial charge < -0.3 is 5.32 Å². The van der Waals surface area contributed by atoms with E-state index < -0.39 is 0 Å². The van der Waals surface area contributed by atoms with E-state index in [1.807, 2.05) is 38.2 Å². The van der Waals surface area contributed by atoms with Gasteiger partial charge in [0.15, 0.2) is 0 Å². The van der Waals surface area contributed by atoms with Crippen molar-refractivity contribution in [1.82, 2.24) is 5.32 Å². The molecule has 0 aromatic heterocycles. The van der Waals surface area contributed by atoms with Gasteiger partial charge in [-0.2, -0.15) is 0 Å². The third kappa shape index (κ3) is 2.81. The number of hydrogen-bond acceptors (Lipinski definition) is 1. The van der Waals surface area contributed by atoms with Gasteiger partial charge in [0.25, 0.3) is 0 Å². The van der Waals surface area contributed by atoms with Gasteiger partial charge in [-0.05, 0) is 18.2 Å². The third-order valence-electron chi connectivity index (χ3n) is 2.16. The quantitative estimate of drug-likeness (QED) is 0.752. The third-order valence-corrected chi connectivity index (χ3v) is 2.16. The van der Waals surface area contributed by atoms with Crippen LogP contribution in [-0.2, 0) is 6.54 Å². The molecule has 0 aliphatic carbocycles. The minimum atomic E-state index is -0.286. The number of benzene rings is 1. The second-order valence-corrected chi connectivity index (χ2v) is 3.33. The average Bonchev–Trinajstić information content (AvgIpc) is 2.18. The van der Waals surface area contributed by atoms with Gasteiger partial charge in [0.2, 0.25) is 0 Å². The molecule has 1 N–H and O–H groups in total. The van der Waals surface area contributed by atoms with E-state index in [1.165, 1.54) is 5.56 Å². The van der Waals surface area contributed by atoms with Crippen LogP contribution in [0.4, 0.5) is 4.39 Å². The topological polar surface area (TPSA) is 12.0 Å². The molecule has 1 aromatic carbocycles. The summed E-state index contributed by atoms with van der Waals surface area (Å²) in [5.41, 5.74) is 2.31. The van der Waals surface area contributed by atoms with Crippen LogP contribution in [0, 0.1) is 0 Å². The van der Waals surface area contributed by atoms with E-state index in [0.29, 0.717) is 0 Å². The molecule has 0 saturated carbocycles. The normalized spacial score (nSPS) is 12.8. The van der Waals surface area contributed by atoms with Crippen molar-refractivity contribution in [2.45, 2.75) is 19.4 Å². The van der Waals surface area contributed by atoms with E-state index in [1.54, 1.807) is 0 Å². The Morgan fingerprint density at radius 2 is 1.92 bits per heavy atom. The van der Waals surface area contributed by atoms with Crippen LogP contribution in [0.15, 0.2) is 24.3 Å². The van der Waals surface area contributed by atoms with Crippen molar-refractivity contribution >= 4 is 0 Å². The number of rotatable bonds is 4. The van der Waals surface area contributed by atoms with Crippen molar-refractivity contribution in [3.05, 3.63) is 35.4 Å². The molecular weight excluding hydrogens is 165 g/mol. The van der Waals surface area contributed by atoms with E-state index in [0.717, 1.165) is 12.1 Å². The minimum absolute atomic E-state index is 0.0173. The number of hydrogen-bond donors (Lipinski definition) is 1. The van der Waals surface area contributed by atoms with Crippen molar-refractivity contribution in [2.75, 3.05) is 13.7 Å². The number of halogens is 1. The van der Waals surface area contributed by atoms with Gasteiger partial charge in [-0.15, -0.1) is 0 Å². The predicted molar refractivity (Wildman–Crippen MR) is 53.6 cm³/mol. The Morgan fingerprint density at radius 3 is 2.38 bits per heavy atom. The molecule has 1 nitrogen and oxygen atoms in total. The van der Waals surface area contributed by atoms with Gasteiger partial charge in [-0.1, -0.05) is 31.2 Å². The summed E-state index contributed by atoms with van der Waals surface area (Å²) < 4.78 is 12.3. The van der Waals surface area contributed by atoms with Crippen LogP contribution in [0.1, 0.15) is 24.0 Å². The molecule has 0 amide bonds. The van der Waals surface area contributed by atoms with Gasteiger partial charge in [0.05, 0.1) is 6.67 Å². The zero-order valence-corrected chi connectivity index (χ0v) is 8.18. The van der Waals surface area contributed by atoms with E-state index in [-0.39, 0.29) is 12.6 Å². The second-order valence-electron chi connectivity index (χ2n) is 3.33. The van der Waals surface area contributed by atoms with Gasteiger partial charge in [0, 0.05) is 12.5 Å². The Balaban J connectivity index is 2.69. The van der Waals surface area contributed by atoms with Crippen molar-refractivity contribution in [1.29, 1.82) is 0 Å². The van der Waals surface area contributed by atoms with Gasteiger partial charge in [0.1, 0.15) is 0 Å². The molecule has 72 valence electrons. The molecule has 0 fully saturated rings. The predicted octanol–water partition coefficient (Wildman–Crippen LogP) is 2.48. The van der Waals surface area contributed by atoms with Crippen LogP contribution in [-0.4, -0.2) is 13.7 Å². The maximum atomic E-state index is 12.3. The summed E-state index contributed by atoms with van der Waals surface area (Å²) in [6.45, 7) is 2.47. The van der Waals surface area contributed by atoms with E-state index in [9.17, 15) is 4.39 Å². The molecular formula is C11H16FN. The summed E-state index contributed by atoms with van der Waals surface area (Å²) in [7, 11) is 1.91. The zero-order chi connectivity index (χ0) is 9.68. The monoisotopic (exact) mass is 181 g/mol. The minimum Gasteiger partial charge on any atom is -0.316 e. The fourth-order valence-electron chi connectivity index (χ4n) is 1.26. The summed E-state index contributed by atoms with van der Waals surface area (Å²) in [4.78, 5) is 0. The maximum Gasteiger partial charge on any atom is 0.0960 e. The molecule has 1 atom stereocenters. The summed E-state index contributed by atoms with van der Waals surface area (Å²) >= 11 is 0. The number of alkyl halides is 1. The first kappa shape index (κ1) is 10.2. The van der Waals surface area contributed by atoms with E-state index in [2.05, 4.69) is 5.32 Å². The molecule has 13 heavy (non-hydrogen) atoms. The highest BCUT2D eigenvalue weighted by Gasteiger charge is 2.03. The lowest BCUT2D eigenvalue weighted by Crippen LogP contribution is -2.05. The SMILES string of the molecule is CNCc1ccc(C(C)CF)cc1. The highest BCUT2D eigenvalue weighted by Crippen LogP contribution is 2.15. The van der Waals surface area contributed by atoms with Crippen LogP contribution in [0.2, 0.25) is 0 Å². The smallest absolute Gasteiger partial charge is 0.0960 e. The number of nitrogens with one attached hydrogen (secondary N) is 1. The molecule has 1 unspecified atom stereocenters. The average molecular weight is 181 g/mol. The van der Waals surface area contributed by atoms with Gasteiger partial charge >= 0.3 is 0 Å². The molecule has 0 saturated heterocycles. The Bertz CT molecular complexity index is 243. The highest BCUT2D eigenvalue weighted by molar-refractivity contribution is 5.24.